The summed E-state index contributed by atoms with van der Waals surface area (Å²) < 4.78 is 30.7. The molecule has 43 heavy (non-hydrogen) atoms. The van der Waals surface area contributed by atoms with Gasteiger partial charge in [0.2, 0.25) is 5.91 Å². The monoisotopic (exact) mass is 611 g/mol. The van der Waals surface area contributed by atoms with Crippen molar-refractivity contribution in [2.75, 3.05) is 27.3 Å². The van der Waals surface area contributed by atoms with Crippen LogP contribution in [0.3, 0.4) is 0 Å². The summed E-state index contributed by atoms with van der Waals surface area (Å²) in [5.41, 5.74) is 3.93. The molecule has 0 aromatic heterocycles. The topological polar surface area (TPSA) is 105 Å². The van der Waals surface area contributed by atoms with Crippen LogP contribution in [0.5, 0.6) is 0 Å². The van der Waals surface area contributed by atoms with Gasteiger partial charge in [-0.15, -0.1) is 6.58 Å². The first-order valence-corrected chi connectivity index (χ1v) is 16.7. The van der Waals surface area contributed by atoms with Crippen molar-refractivity contribution < 1.29 is 22.7 Å². The van der Waals surface area contributed by atoms with Gasteiger partial charge in [0, 0.05) is 19.7 Å². The van der Waals surface area contributed by atoms with Crippen LogP contribution in [0, 0.1) is 0 Å². The van der Waals surface area contributed by atoms with E-state index in [0.717, 1.165) is 38.4 Å². The van der Waals surface area contributed by atoms with Gasteiger partial charge in [-0.25, -0.2) is 8.42 Å². The highest BCUT2D eigenvalue weighted by molar-refractivity contribution is 7.93. The molecule has 8 nitrogen and oxygen atoms in total. The Morgan fingerprint density at radius 2 is 1.77 bits per heavy atom. The number of likely N-dealkylation sites (N-methyl/N-ethyl adjacent to an activating group) is 1. The van der Waals surface area contributed by atoms with Gasteiger partial charge in [-0.1, -0.05) is 92.5 Å². The fourth-order valence-electron chi connectivity index (χ4n) is 5.11. The van der Waals surface area contributed by atoms with E-state index in [2.05, 4.69) is 39.8 Å². The smallest absolute Gasteiger partial charge is 0.251 e. The third kappa shape index (κ3) is 13.0. The number of carbonyl (C=O) groups is 2. The Kier molecular flexibility index (Phi) is 17.4. The molecule has 2 N–H and O–H groups in total. The summed E-state index contributed by atoms with van der Waals surface area (Å²) >= 11 is 0. The number of nitrogens with zero attached hydrogens (tertiary/aromatic N) is 1. The number of hydrogen-bond donors (Lipinski definition) is 2. The molecule has 2 atom stereocenters. The van der Waals surface area contributed by atoms with Gasteiger partial charge in [0.25, 0.3) is 10.0 Å². The fourth-order valence-corrected chi connectivity index (χ4v) is 6.71. The number of carbonyl (C=O) groups excluding carboxylic acids is 2. The highest BCUT2D eigenvalue weighted by Crippen LogP contribution is 2.24. The van der Waals surface area contributed by atoms with Crippen molar-refractivity contribution in [1.82, 2.24) is 14.9 Å². The molecule has 1 saturated carbocycles. The van der Waals surface area contributed by atoms with Crippen LogP contribution in [-0.4, -0.2) is 70.4 Å². The molecule has 0 radical (unpaired) electrons. The average Bonchev–Trinajstić information content (AvgIpc) is 3.47. The molecule has 9 heteroatoms. The number of benzene rings is 1. The molecule has 2 fully saturated rings. The number of rotatable bonds is 10. The molecule has 0 spiro atoms. The maximum absolute atomic E-state index is 12.4. The zero-order chi connectivity index (χ0) is 31.3. The summed E-state index contributed by atoms with van der Waals surface area (Å²) in [4.78, 5) is 23.5. The van der Waals surface area contributed by atoms with Gasteiger partial charge in [-0.05, 0) is 56.9 Å². The Bertz CT molecular complexity index is 1210. The van der Waals surface area contributed by atoms with E-state index in [1.165, 1.54) is 41.6 Å². The Morgan fingerprint density at radius 1 is 1.07 bits per heavy atom. The predicted octanol–water partition coefficient (Wildman–Crippen LogP) is 5.01. The fraction of sp³-hybridized carbons (Fsp3) is 0.500. The standard InChI is InChI=1S/C17H26N2O.C13H15NO3S.C4H8O/c1-18-16(13-14-9-5-4-6-10-14)17(20)19-15-11-7-2-3-8-12-15;15-11-12-7-5-6-10-14(12)18(16,17)13-8-3-1-2-4-9-13;1-3-4-5-2/h4-6,9-10,15-16,18H,2-3,7-8,11-13H2,1H3,(H,19,20);1-4,8,11-12H,5-7,10H2;3H,1,4H2,2H3/t;12-;/m.0./s1. The number of methoxy groups -OCH3 is 1. The van der Waals surface area contributed by atoms with Crippen molar-refractivity contribution in [2.45, 2.75) is 82.3 Å². The number of hydrogen-bond acceptors (Lipinski definition) is 6. The largest absolute Gasteiger partial charge is 0.381 e. The molecular formula is C34H49N3O5S. The molecule has 1 aromatic carbocycles. The van der Waals surface area contributed by atoms with E-state index in [1.54, 1.807) is 37.5 Å². The van der Waals surface area contributed by atoms with Crippen molar-refractivity contribution in [3.63, 3.8) is 0 Å². The van der Waals surface area contributed by atoms with Crippen molar-refractivity contribution in [3.8, 4) is 0 Å². The first-order valence-electron chi connectivity index (χ1n) is 15.3. The van der Waals surface area contributed by atoms with Gasteiger partial charge in [0.05, 0.1) is 18.7 Å². The van der Waals surface area contributed by atoms with E-state index < -0.39 is 16.1 Å². The molecule has 1 saturated heterocycles. The van der Waals surface area contributed by atoms with Gasteiger partial charge in [-0.2, -0.15) is 4.31 Å². The van der Waals surface area contributed by atoms with Crippen molar-refractivity contribution in [2.24, 2.45) is 0 Å². The molecule has 3 aliphatic rings. The summed E-state index contributed by atoms with van der Waals surface area (Å²) in [5, 5.41) is 6.37. The lowest BCUT2D eigenvalue weighted by molar-refractivity contribution is -0.123. The van der Waals surface area contributed by atoms with Crippen LogP contribution in [0.1, 0.15) is 63.4 Å². The van der Waals surface area contributed by atoms with E-state index in [1.807, 2.05) is 25.2 Å². The summed E-state index contributed by atoms with van der Waals surface area (Å²) in [6, 6.07) is 9.88. The SMILES string of the molecule is C=CCOC.CNC(Cc1ccccc1)C(=O)NC1CCCCCC1.O=C[C@@H]1CCCCN1S(=O)(=O)C1=C=CC=CC=C1. The first kappa shape index (κ1) is 36.1. The Labute approximate surface area is 258 Å². The summed E-state index contributed by atoms with van der Waals surface area (Å²) in [6.45, 7) is 4.48. The number of amides is 1. The summed E-state index contributed by atoms with van der Waals surface area (Å²) in [5.74, 6) is 0.142. The van der Waals surface area contributed by atoms with Crippen molar-refractivity contribution >= 4 is 22.2 Å². The summed E-state index contributed by atoms with van der Waals surface area (Å²) in [7, 11) is -0.118. The average molecular weight is 612 g/mol. The molecule has 1 aliphatic heterocycles. The van der Waals surface area contributed by atoms with Crippen molar-refractivity contribution in [3.05, 3.63) is 89.6 Å². The minimum absolute atomic E-state index is 0.112. The van der Waals surface area contributed by atoms with Crippen LogP contribution in [-0.2, 0) is 30.8 Å². The zero-order valence-corrected chi connectivity index (χ0v) is 26.6. The van der Waals surface area contributed by atoms with Gasteiger partial charge < -0.3 is 20.2 Å². The van der Waals surface area contributed by atoms with E-state index in [4.69, 9.17) is 0 Å². The molecule has 1 unspecified atom stereocenters. The van der Waals surface area contributed by atoms with E-state index in [0.29, 0.717) is 25.6 Å². The number of allylic oxidation sites excluding steroid dienone is 4. The summed E-state index contributed by atoms with van der Waals surface area (Å²) in [6.07, 6.45) is 21.0. The lowest BCUT2D eigenvalue weighted by Crippen LogP contribution is -2.47. The third-order valence-corrected chi connectivity index (χ3v) is 9.35. The Morgan fingerprint density at radius 3 is 2.37 bits per heavy atom. The van der Waals surface area contributed by atoms with Crippen LogP contribution in [0.25, 0.3) is 0 Å². The molecule has 1 amide bonds. The molecule has 236 valence electrons. The van der Waals surface area contributed by atoms with Crippen molar-refractivity contribution in [1.29, 1.82) is 0 Å². The lowest BCUT2D eigenvalue weighted by Gasteiger charge is -2.31. The highest BCUT2D eigenvalue weighted by atomic mass is 32.2. The first-order chi connectivity index (χ1) is 20.9. The lowest BCUT2D eigenvalue weighted by atomic mass is 10.0. The molecule has 0 bridgehead atoms. The van der Waals surface area contributed by atoms with Crippen LogP contribution in [0.2, 0.25) is 0 Å². The van der Waals surface area contributed by atoms with Gasteiger partial charge in [-0.3, -0.25) is 4.79 Å². The normalized spacial score (nSPS) is 19.7. The molecular weight excluding hydrogens is 562 g/mol. The highest BCUT2D eigenvalue weighted by Gasteiger charge is 2.33. The van der Waals surface area contributed by atoms with Crippen LogP contribution >= 0.6 is 0 Å². The molecule has 2 aliphatic carbocycles. The molecule has 1 heterocycles. The Balaban J connectivity index is 0.000000261. The van der Waals surface area contributed by atoms with E-state index in [9.17, 15) is 18.0 Å². The van der Waals surface area contributed by atoms with E-state index in [-0.39, 0.29) is 16.9 Å². The second-order valence-corrected chi connectivity index (χ2v) is 12.6. The van der Waals surface area contributed by atoms with Crippen LogP contribution in [0.4, 0.5) is 0 Å². The number of piperidine rings is 1. The minimum Gasteiger partial charge on any atom is -0.381 e. The number of aldehydes is 1. The zero-order valence-electron chi connectivity index (χ0n) is 25.7. The number of nitrogens with one attached hydrogen (secondary N) is 2. The molecule has 4 rings (SSSR count). The second-order valence-electron chi connectivity index (χ2n) is 10.7. The van der Waals surface area contributed by atoms with Gasteiger partial charge in [0.15, 0.2) is 0 Å². The number of ether oxygens (including phenoxy) is 1. The van der Waals surface area contributed by atoms with E-state index >= 15 is 0 Å². The second kappa shape index (κ2) is 20.8. The van der Waals surface area contributed by atoms with Crippen LogP contribution < -0.4 is 10.6 Å². The predicted molar refractivity (Wildman–Crippen MR) is 174 cm³/mol. The third-order valence-electron chi connectivity index (χ3n) is 7.47. The van der Waals surface area contributed by atoms with Crippen LogP contribution in [0.15, 0.2) is 84.0 Å². The number of sulfonamides is 1. The molecule has 1 aromatic rings. The quantitative estimate of drug-likeness (QED) is 0.167. The maximum Gasteiger partial charge on any atom is 0.251 e. The maximum atomic E-state index is 12.4. The van der Waals surface area contributed by atoms with Gasteiger partial charge >= 0.3 is 0 Å². The van der Waals surface area contributed by atoms with Gasteiger partial charge in [0.1, 0.15) is 11.2 Å². The minimum atomic E-state index is -3.62. The Hall–Kier alpha value is -3.07.